The normalized spacial score (nSPS) is 23.1. The summed E-state index contributed by atoms with van der Waals surface area (Å²) in [5.74, 6) is 0.827. The fourth-order valence-electron chi connectivity index (χ4n) is 3.47. The minimum absolute atomic E-state index is 0.261. The first-order valence-corrected chi connectivity index (χ1v) is 8.39. The Bertz CT molecular complexity index is 522. The lowest BCUT2D eigenvalue weighted by molar-refractivity contribution is -0.126. The molecular weight excluding hydrogens is 290 g/mol. The van der Waals surface area contributed by atoms with Crippen LogP contribution in [0.1, 0.15) is 38.8 Å². The molecule has 1 fully saturated rings. The zero-order valence-electron chi connectivity index (χ0n) is 14.2. The van der Waals surface area contributed by atoms with Gasteiger partial charge >= 0.3 is 6.03 Å². The van der Waals surface area contributed by atoms with Gasteiger partial charge in [0.05, 0.1) is 0 Å². The van der Waals surface area contributed by atoms with E-state index in [-0.39, 0.29) is 5.91 Å². The van der Waals surface area contributed by atoms with Crippen LogP contribution in [0.5, 0.6) is 0 Å². The lowest BCUT2D eigenvalue weighted by atomic mass is 9.89. The third-order valence-electron chi connectivity index (χ3n) is 4.20. The second kappa shape index (κ2) is 8.11. The van der Waals surface area contributed by atoms with Crippen LogP contribution in [0.15, 0.2) is 30.3 Å². The van der Waals surface area contributed by atoms with Gasteiger partial charge in [-0.3, -0.25) is 15.0 Å². The smallest absolute Gasteiger partial charge is 0.321 e. The molecule has 126 valence electrons. The maximum absolute atomic E-state index is 12.7. The average Bonchev–Trinajstić information content (AvgIpc) is 2.47. The monoisotopic (exact) mass is 317 g/mol. The van der Waals surface area contributed by atoms with E-state index in [0.29, 0.717) is 18.4 Å². The predicted molar refractivity (Wildman–Crippen MR) is 90.9 cm³/mol. The number of hydrogen-bond donors (Lipinski definition) is 2. The minimum Gasteiger partial charge on any atom is -0.338 e. The summed E-state index contributed by atoms with van der Waals surface area (Å²) in [5.41, 5.74) is 0.926. The number of carbonyl (C=O) groups excluding carboxylic acids is 2. The zero-order valence-corrected chi connectivity index (χ0v) is 14.2. The van der Waals surface area contributed by atoms with Crippen LogP contribution < -0.4 is 10.6 Å². The van der Waals surface area contributed by atoms with E-state index in [9.17, 15) is 9.59 Å². The summed E-state index contributed by atoms with van der Waals surface area (Å²) in [6.07, 6.45) is 1.18. The Labute approximate surface area is 138 Å². The van der Waals surface area contributed by atoms with Crippen molar-refractivity contribution in [1.82, 2.24) is 15.5 Å². The number of hydrogen-bond acceptors (Lipinski definition) is 3. The Morgan fingerprint density at radius 3 is 2.35 bits per heavy atom. The molecule has 5 nitrogen and oxygen atoms in total. The predicted octanol–water partition coefficient (Wildman–Crippen LogP) is 2.55. The van der Waals surface area contributed by atoms with E-state index in [1.165, 1.54) is 6.42 Å². The number of nitrogens with one attached hydrogen (secondary N) is 2. The number of benzene rings is 1. The molecule has 0 aromatic heterocycles. The summed E-state index contributed by atoms with van der Waals surface area (Å²) in [5, 5.41) is 5.09. The van der Waals surface area contributed by atoms with Crippen LogP contribution in [0.4, 0.5) is 4.79 Å². The van der Waals surface area contributed by atoms with E-state index in [4.69, 9.17) is 0 Å². The molecule has 1 aromatic carbocycles. The van der Waals surface area contributed by atoms with E-state index in [1.807, 2.05) is 37.3 Å². The van der Waals surface area contributed by atoms with Crippen LogP contribution in [0.2, 0.25) is 0 Å². The second-order valence-corrected chi connectivity index (χ2v) is 6.56. The van der Waals surface area contributed by atoms with Gasteiger partial charge in [-0.1, -0.05) is 44.2 Å². The Hall–Kier alpha value is -1.88. The third kappa shape index (κ3) is 4.79. The average molecular weight is 317 g/mol. The molecule has 0 saturated carbocycles. The number of likely N-dealkylation sites (tertiary alicyclic amines) is 1. The van der Waals surface area contributed by atoms with Gasteiger partial charge in [-0.2, -0.15) is 0 Å². The SMILES string of the molecule is CCNC(=O)NC(=O)C(c1ccccc1)N1CC(C)CC(C)C1. The molecule has 0 aliphatic carbocycles. The van der Waals surface area contributed by atoms with Crippen molar-refractivity contribution in [3.05, 3.63) is 35.9 Å². The van der Waals surface area contributed by atoms with Crippen molar-refractivity contribution < 1.29 is 9.59 Å². The third-order valence-corrected chi connectivity index (χ3v) is 4.20. The quantitative estimate of drug-likeness (QED) is 0.897. The molecule has 3 amide bonds. The number of rotatable bonds is 4. The lowest BCUT2D eigenvalue weighted by Gasteiger charge is -2.39. The van der Waals surface area contributed by atoms with Crippen molar-refractivity contribution in [2.45, 2.75) is 33.2 Å². The summed E-state index contributed by atoms with van der Waals surface area (Å²) in [7, 11) is 0. The Morgan fingerprint density at radius 1 is 1.17 bits per heavy atom. The fraction of sp³-hybridized carbons (Fsp3) is 0.556. The number of carbonyl (C=O) groups is 2. The number of imide groups is 1. The fourth-order valence-corrected chi connectivity index (χ4v) is 3.47. The van der Waals surface area contributed by atoms with Crippen LogP contribution in [0, 0.1) is 11.8 Å². The van der Waals surface area contributed by atoms with Gasteiger partial charge in [0.1, 0.15) is 6.04 Å². The molecule has 2 rings (SSSR count). The molecule has 1 aliphatic heterocycles. The second-order valence-electron chi connectivity index (χ2n) is 6.56. The van der Waals surface area contributed by atoms with Gasteiger partial charge < -0.3 is 5.32 Å². The molecule has 2 N–H and O–H groups in total. The van der Waals surface area contributed by atoms with Crippen LogP contribution in [-0.2, 0) is 4.79 Å². The highest BCUT2D eigenvalue weighted by atomic mass is 16.2. The molecule has 1 heterocycles. The maximum atomic E-state index is 12.7. The topological polar surface area (TPSA) is 61.4 Å². The molecule has 0 spiro atoms. The van der Waals surface area contributed by atoms with Gasteiger partial charge in [-0.05, 0) is 30.7 Å². The van der Waals surface area contributed by atoms with E-state index < -0.39 is 12.1 Å². The Balaban J connectivity index is 2.21. The van der Waals surface area contributed by atoms with Crippen LogP contribution in [0.25, 0.3) is 0 Å². The summed E-state index contributed by atoms with van der Waals surface area (Å²) < 4.78 is 0. The number of urea groups is 1. The van der Waals surface area contributed by atoms with Gasteiger partial charge in [0.2, 0.25) is 5.91 Å². The Kier molecular flexibility index (Phi) is 6.16. The molecule has 3 unspecified atom stereocenters. The molecule has 1 aromatic rings. The minimum atomic E-state index is -0.434. The maximum Gasteiger partial charge on any atom is 0.321 e. The van der Waals surface area contributed by atoms with E-state index in [1.54, 1.807) is 0 Å². The molecule has 5 heteroatoms. The van der Waals surface area contributed by atoms with Crippen LogP contribution in [0.3, 0.4) is 0 Å². The van der Waals surface area contributed by atoms with Crippen molar-refractivity contribution in [2.75, 3.05) is 19.6 Å². The standard InChI is InChI=1S/C18H27N3O2/c1-4-19-18(23)20-17(22)16(15-8-6-5-7-9-15)21-11-13(2)10-14(3)12-21/h5-9,13-14,16H,4,10-12H2,1-3H3,(H2,19,20,22,23). The van der Waals surface area contributed by atoms with Crippen molar-refractivity contribution in [3.63, 3.8) is 0 Å². The first-order valence-electron chi connectivity index (χ1n) is 8.39. The van der Waals surface area contributed by atoms with Crippen molar-refractivity contribution in [1.29, 1.82) is 0 Å². The zero-order chi connectivity index (χ0) is 16.8. The molecular formula is C18H27N3O2. The van der Waals surface area contributed by atoms with E-state index >= 15 is 0 Å². The van der Waals surface area contributed by atoms with E-state index in [0.717, 1.165) is 18.7 Å². The van der Waals surface area contributed by atoms with Gasteiger partial charge in [-0.15, -0.1) is 0 Å². The summed E-state index contributed by atoms with van der Waals surface area (Å²) in [6, 6.07) is 8.83. The highest BCUT2D eigenvalue weighted by Crippen LogP contribution is 2.29. The highest BCUT2D eigenvalue weighted by Gasteiger charge is 2.33. The van der Waals surface area contributed by atoms with E-state index in [2.05, 4.69) is 29.4 Å². The first kappa shape index (κ1) is 17.5. The molecule has 0 radical (unpaired) electrons. The van der Waals surface area contributed by atoms with Gasteiger partial charge in [-0.25, -0.2) is 4.79 Å². The number of nitrogens with zero attached hydrogens (tertiary/aromatic N) is 1. The summed E-state index contributed by atoms with van der Waals surface area (Å²) in [6.45, 7) is 8.48. The van der Waals surface area contributed by atoms with Crippen LogP contribution in [-0.4, -0.2) is 36.5 Å². The largest absolute Gasteiger partial charge is 0.338 e. The van der Waals surface area contributed by atoms with Crippen molar-refractivity contribution >= 4 is 11.9 Å². The van der Waals surface area contributed by atoms with Gasteiger partial charge in [0.25, 0.3) is 0 Å². The van der Waals surface area contributed by atoms with Crippen LogP contribution >= 0.6 is 0 Å². The van der Waals surface area contributed by atoms with Gasteiger partial charge in [0, 0.05) is 19.6 Å². The molecule has 3 atom stereocenters. The number of piperidine rings is 1. The summed E-state index contributed by atoms with van der Waals surface area (Å²) >= 11 is 0. The molecule has 1 saturated heterocycles. The van der Waals surface area contributed by atoms with Crippen molar-refractivity contribution in [3.8, 4) is 0 Å². The molecule has 23 heavy (non-hydrogen) atoms. The Morgan fingerprint density at radius 2 is 1.78 bits per heavy atom. The van der Waals surface area contributed by atoms with Gasteiger partial charge in [0.15, 0.2) is 0 Å². The highest BCUT2D eigenvalue weighted by molar-refractivity contribution is 5.97. The lowest BCUT2D eigenvalue weighted by Crippen LogP contribution is -2.49. The molecule has 0 bridgehead atoms. The summed E-state index contributed by atoms with van der Waals surface area (Å²) in [4.78, 5) is 26.7. The number of amides is 3. The molecule has 1 aliphatic rings. The van der Waals surface area contributed by atoms with Crippen molar-refractivity contribution in [2.24, 2.45) is 11.8 Å². The first-order chi connectivity index (χ1) is 11.0.